The van der Waals surface area contributed by atoms with Crippen LogP contribution in [0.2, 0.25) is 0 Å². The lowest BCUT2D eigenvalue weighted by molar-refractivity contribution is -0.139. The normalized spacial score (nSPS) is 27.0. The van der Waals surface area contributed by atoms with E-state index in [0.717, 1.165) is 57.5 Å². The third-order valence-corrected chi connectivity index (χ3v) is 8.07. The van der Waals surface area contributed by atoms with Crippen LogP contribution in [0.15, 0.2) is 24.3 Å². The smallest absolute Gasteiger partial charge is 0.251 e. The van der Waals surface area contributed by atoms with Crippen LogP contribution < -0.4 is 10.2 Å². The van der Waals surface area contributed by atoms with E-state index in [2.05, 4.69) is 22.2 Å². The van der Waals surface area contributed by atoms with E-state index >= 15 is 0 Å². The van der Waals surface area contributed by atoms with Crippen LogP contribution in [0.25, 0.3) is 0 Å². The number of ketones is 1. The Morgan fingerprint density at radius 3 is 2.38 bits per heavy atom. The Morgan fingerprint density at radius 2 is 1.68 bits per heavy atom. The summed E-state index contributed by atoms with van der Waals surface area (Å²) in [4.78, 5) is 45.6. The zero-order valence-corrected chi connectivity index (χ0v) is 20.1. The van der Waals surface area contributed by atoms with Gasteiger partial charge in [-0.25, -0.2) is 0 Å². The maximum absolute atomic E-state index is 13.7. The molecule has 1 aliphatic carbocycles. The summed E-state index contributed by atoms with van der Waals surface area (Å²) >= 11 is 0. The molecule has 1 aromatic carbocycles. The molecule has 0 unspecified atom stereocenters. The zero-order valence-electron chi connectivity index (χ0n) is 20.1. The number of nitrogens with zero attached hydrogens (tertiary/aromatic N) is 3. The van der Waals surface area contributed by atoms with Crippen LogP contribution in [0, 0.1) is 5.92 Å². The summed E-state index contributed by atoms with van der Waals surface area (Å²) in [5.41, 5.74) is 1.68. The number of likely N-dealkylation sites (tertiary alicyclic amines) is 1. The van der Waals surface area contributed by atoms with E-state index in [1.54, 1.807) is 4.90 Å². The van der Waals surface area contributed by atoms with Crippen LogP contribution in [-0.4, -0.2) is 92.0 Å². The molecule has 0 aromatic heterocycles. The highest BCUT2D eigenvalue weighted by molar-refractivity contribution is 5.99. The van der Waals surface area contributed by atoms with Crippen molar-refractivity contribution < 1.29 is 19.1 Å². The molecule has 3 aliphatic heterocycles. The van der Waals surface area contributed by atoms with Crippen LogP contribution in [0.5, 0.6) is 0 Å². The number of rotatable bonds is 5. The van der Waals surface area contributed by atoms with Crippen LogP contribution in [0.3, 0.4) is 0 Å². The van der Waals surface area contributed by atoms with Crippen molar-refractivity contribution in [3.05, 3.63) is 29.8 Å². The molecule has 1 aromatic rings. The molecule has 0 spiro atoms. The maximum Gasteiger partial charge on any atom is 0.251 e. The molecule has 34 heavy (non-hydrogen) atoms. The average molecular weight is 469 g/mol. The Kier molecular flexibility index (Phi) is 6.88. The van der Waals surface area contributed by atoms with Gasteiger partial charge in [0.05, 0.1) is 6.10 Å². The predicted molar refractivity (Wildman–Crippen MR) is 129 cm³/mol. The molecule has 8 nitrogen and oxygen atoms in total. The molecule has 0 bridgehead atoms. The van der Waals surface area contributed by atoms with Crippen molar-refractivity contribution in [1.82, 2.24) is 15.1 Å². The van der Waals surface area contributed by atoms with Gasteiger partial charge in [0.2, 0.25) is 5.91 Å². The van der Waals surface area contributed by atoms with Crippen molar-refractivity contribution in [1.29, 1.82) is 0 Å². The van der Waals surface area contributed by atoms with Gasteiger partial charge in [0.25, 0.3) is 5.91 Å². The Morgan fingerprint density at radius 1 is 0.971 bits per heavy atom. The number of nitrogens with one attached hydrogen (secondary N) is 1. The topological polar surface area (TPSA) is 82.2 Å². The summed E-state index contributed by atoms with van der Waals surface area (Å²) in [6.07, 6.45) is 5.63. The summed E-state index contributed by atoms with van der Waals surface area (Å²) < 4.78 is 5.57. The minimum absolute atomic E-state index is 0.0240. The maximum atomic E-state index is 13.7. The highest BCUT2D eigenvalue weighted by Crippen LogP contribution is 2.32. The van der Waals surface area contributed by atoms with Crippen LogP contribution in [0.1, 0.15) is 48.9 Å². The second-order valence-electron chi connectivity index (χ2n) is 10.3. The Balaban J connectivity index is 1.29. The van der Waals surface area contributed by atoms with Gasteiger partial charge in [-0.3, -0.25) is 14.4 Å². The fourth-order valence-electron chi connectivity index (χ4n) is 5.98. The molecular formula is C26H36N4O4. The van der Waals surface area contributed by atoms with E-state index < -0.39 is 12.1 Å². The number of hydrogen-bond donors (Lipinski definition) is 1. The molecule has 1 N–H and O–H groups in total. The van der Waals surface area contributed by atoms with Crippen molar-refractivity contribution >= 4 is 23.3 Å². The van der Waals surface area contributed by atoms with E-state index in [-0.39, 0.29) is 36.2 Å². The first-order valence-corrected chi connectivity index (χ1v) is 12.8. The molecule has 5 rings (SSSR count). The van der Waals surface area contributed by atoms with E-state index in [4.69, 9.17) is 4.74 Å². The van der Waals surface area contributed by atoms with Gasteiger partial charge in [0.15, 0.2) is 5.78 Å². The van der Waals surface area contributed by atoms with Crippen molar-refractivity contribution in [3.8, 4) is 0 Å². The number of carbonyl (C=O) groups is 3. The third-order valence-electron chi connectivity index (χ3n) is 8.07. The van der Waals surface area contributed by atoms with Crippen molar-refractivity contribution in [2.24, 2.45) is 5.92 Å². The molecule has 0 radical (unpaired) electrons. The average Bonchev–Trinajstić information content (AvgIpc) is 3.46. The minimum Gasteiger partial charge on any atom is -0.369 e. The summed E-state index contributed by atoms with van der Waals surface area (Å²) in [5.74, 6) is -0.269. The van der Waals surface area contributed by atoms with Crippen molar-refractivity contribution in [2.45, 2.75) is 56.7 Å². The summed E-state index contributed by atoms with van der Waals surface area (Å²) in [5, 5.41) is 3.08. The first kappa shape index (κ1) is 23.3. The molecule has 3 saturated heterocycles. The lowest BCUT2D eigenvalue weighted by atomic mass is 9.83. The van der Waals surface area contributed by atoms with Crippen LogP contribution in [0.4, 0.5) is 5.69 Å². The number of ether oxygens (including phenoxy) is 1. The fraction of sp³-hybridized carbons (Fsp3) is 0.654. The number of likely N-dealkylation sites (N-methyl/N-ethyl adjacent to an activating group) is 1. The molecule has 4 fully saturated rings. The summed E-state index contributed by atoms with van der Waals surface area (Å²) in [7, 11) is 2.13. The van der Waals surface area contributed by atoms with E-state index in [0.29, 0.717) is 18.5 Å². The lowest BCUT2D eigenvalue weighted by Gasteiger charge is -2.34. The summed E-state index contributed by atoms with van der Waals surface area (Å²) in [6.45, 7) is 4.60. The van der Waals surface area contributed by atoms with Crippen molar-refractivity contribution in [2.75, 3.05) is 51.3 Å². The Labute approximate surface area is 201 Å². The Bertz CT molecular complexity index is 906. The van der Waals surface area contributed by atoms with E-state index in [1.807, 2.05) is 24.3 Å². The highest BCUT2D eigenvalue weighted by atomic mass is 16.5. The monoisotopic (exact) mass is 468 g/mol. The number of amides is 2. The SMILES string of the molecule is CN1CCN(c2ccc(C(=O)N[C@H](C(=O)N3CC[C@H]4OCC(=O)[C@H]43)C3CCCCC3)cc2)CC1. The van der Waals surface area contributed by atoms with Gasteiger partial charge in [0.1, 0.15) is 18.7 Å². The van der Waals surface area contributed by atoms with Gasteiger partial charge in [-0.2, -0.15) is 0 Å². The number of hydrogen-bond acceptors (Lipinski definition) is 6. The molecule has 2 amide bonds. The molecule has 184 valence electrons. The predicted octanol–water partition coefficient (Wildman–Crippen LogP) is 1.69. The van der Waals surface area contributed by atoms with Gasteiger partial charge in [-0.05, 0) is 56.5 Å². The first-order valence-electron chi connectivity index (χ1n) is 12.8. The number of piperazine rings is 1. The van der Waals surface area contributed by atoms with Gasteiger partial charge in [0, 0.05) is 44.0 Å². The van der Waals surface area contributed by atoms with E-state index in [9.17, 15) is 14.4 Å². The largest absolute Gasteiger partial charge is 0.369 e. The lowest BCUT2D eigenvalue weighted by Crippen LogP contribution is -2.55. The highest BCUT2D eigenvalue weighted by Gasteiger charge is 2.49. The second kappa shape index (κ2) is 10.0. The van der Waals surface area contributed by atoms with Crippen LogP contribution >= 0.6 is 0 Å². The molecule has 1 saturated carbocycles. The fourth-order valence-corrected chi connectivity index (χ4v) is 5.98. The third kappa shape index (κ3) is 4.70. The standard InChI is InChI=1S/C26H36N4O4/c1-28-13-15-29(16-14-28)20-9-7-19(8-10-20)25(32)27-23(18-5-3-2-4-6-18)26(33)30-12-11-22-24(30)21(31)17-34-22/h7-10,18,22-24H,2-6,11-17H2,1H3,(H,27,32)/t22-,23+,24-/m1/s1. The van der Waals surface area contributed by atoms with Gasteiger partial charge >= 0.3 is 0 Å². The number of Topliss-reactive ketones (excluding diaryl/α,β-unsaturated/α-hetero) is 1. The number of fused-ring (bicyclic) bond motifs is 1. The van der Waals surface area contributed by atoms with Gasteiger partial charge in [-0.1, -0.05) is 19.3 Å². The molecular weight excluding hydrogens is 432 g/mol. The molecule has 3 atom stereocenters. The number of anilines is 1. The molecule has 8 heteroatoms. The van der Waals surface area contributed by atoms with Crippen LogP contribution in [-0.2, 0) is 14.3 Å². The van der Waals surface area contributed by atoms with Gasteiger partial charge in [-0.15, -0.1) is 0 Å². The zero-order chi connectivity index (χ0) is 23.7. The summed E-state index contributed by atoms with van der Waals surface area (Å²) in [6, 6.07) is 6.61. The van der Waals surface area contributed by atoms with Gasteiger partial charge < -0.3 is 24.8 Å². The number of carbonyl (C=O) groups excluding carboxylic acids is 3. The Hall–Kier alpha value is -2.45. The molecule has 3 heterocycles. The first-order chi connectivity index (χ1) is 16.5. The van der Waals surface area contributed by atoms with E-state index in [1.165, 1.54) is 6.42 Å². The quantitative estimate of drug-likeness (QED) is 0.708. The van der Waals surface area contributed by atoms with Crippen molar-refractivity contribution in [3.63, 3.8) is 0 Å². The minimum atomic E-state index is -0.600. The number of benzene rings is 1. The second-order valence-corrected chi connectivity index (χ2v) is 10.3. The molecule has 4 aliphatic rings.